The highest BCUT2D eigenvalue weighted by atomic mass is 19.1. The zero-order chi connectivity index (χ0) is 20.4. The van der Waals surface area contributed by atoms with Gasteiger partial charge in [0.25, 0.3) is 5.91 Å². The molecule has 0 atom stereocenters. The molecule has 1 saturated heterocycles. The molecule has 1 aliphatic heterocycles. The van der Waals surface area contributed by atoms with E-state index in [9.17, 15) is 9.18 Å². The summed E-state index contributed by atoms with van der Waals surface area (Å²) in [5.41, 5.74) is 3.00. The van der Waals surface area contributed by atoms with Gasteiger partial charge < -0.3 is 9.32 Å². The van der Waals surface area contributed by atoms with Gasteiger partial charge in [-0.1, -0.05) is 23.8 Å². The molecular weight excluding hydrogens is 371 g/mol. The molecule has 0 radical (unpaired) electrons. The predicted molar refractivity (Wildman–Crippen MR) is 107 cm³/mol. The van der Waals surface area contributed by atoms with Crippen molar-refractivity contribution in [3.05, 3.63) is 70.9 Å². The molecule has 0 saturated carbocycles. The summed E-state index contributed by atoms with van der Waals surface area (Å²) in [5, 5.41) is 8.28. The molecule has 1 aliphatic rings. The van der Waals surface area contributed by atoms with Gasteiger partial charge in [-0.2, -0.15) is 0 Å². The molecule has 29 heavy (non-hydrogen) atoms. The lowest BCUT2D eigenvalue weighted by Crippen LogP contribution is -2.48. The molecule has 1 aromatic heterocycles. The molecule has 150 valence electrons. The maximum Gasteiger partial charge on any atom is 0.254 e. The molecule has 2 aromatic carbocycles. The Morgan fingerprint density at radius 2 is 1.76 bits per heavy atom. The minimum absolute atomic E-state index is 0.136. The Morgan fingerprint density at radius 3 is 2.45 bits per heavy atom. The van der Waals surface area contributed by atoms with Crippen LogP contribution in [0.25, 0.3) is 11.5 Å². The minimum atomic E-state index is -0.352. The topological polar surface area (TPSA) is 62.5 Å². The van der Waals surface area contributed by atoms with Crippen molar-refractivity contribution < 1.29 is 13.6 Å². The first kappa shape index (κ1) is 19.3. The van der Waals surface area contributed by atoms with Crippen LogP contribution >= 0.6 is 0 Å². The lowest BCUT2D eigenvalue weighted by molar-refractivity contribution is 0.0618. The standard InChI is InChI=1S/C22H23FN4O2/c1-15-3-6-17(7-4-15)21-25-24-20(29-21)14-26-9-11-27(12-10-26)22(28)18-8-5-16(2)19(23)13-18/h3-8,13H,9-12,14H2,1-2H3. The molecule has 0 N–H and O–H groups in total. The summed E-state index contributed by atoms with van der Waals surface area (Å²) in [7, 11) is 0. The number of aromatic nitrogens is 2. The summed E-state index contributed by atoms with van der Waals surface area (Å²) >= 11 is 0. The van der Waals surface area contributed by atoms with Crippen LogP contribution in [0, 0.1) is 19.7 Å². The van der Waals surface area contributed by atoms with Gasteiger partial charge in [0.15, 0.2) is 0 Å². The van der Waals surface area contributed by atoms with Crippen LogP contribution in [0.15, 0.2) is 46.9 Å². The molecule has 7 heteroatoms. The number of hydrogen-bond acceptors (Lipinski definition) is 5. The van der Waals surface area contributed by atoms with Crippen molar-refractivity contribution in [3.63, 3.8) is 0 Å². The fourth-order valence-electron chi connectivity index (χ4n) is 3.34. The average Bonchev–Trinajstić information content (AvgIpc) is 3.19. The van der Waals surface area contributed by atoms with Crippen molar-refractivity contribution in [2.45, 2.75) is 20.4 Å². The Morgan fingerprint density at radius 1 is 1.03 bits per heavy atom. The summed E-state index contributed by atoms with van der Waals surface area (Å²) < 4.78 is 19.5. The summed E-state index contributed by atoms with van der Waals surface area (Å²) in [6.07, 6.45) is 0. The Bertz CT molecular complexity index is 1010. The van der Waals surface area contributed by atoms with E-state index in [0.29, 0.717) is 55.6 Å². The SMILES string of the molecule is Cc1ccc(-c2nnc(CN3CCN(C(=O)c4ccc(C)c(F)c4)CC3)o2)cc1. The van der Waals surface area contributed by atoms with Crippen molar-refractivity contribution in [2.24, 2.45) is 0 Å². The van der Waals surface area contributed by atoms with Gasteiger partial charge in [0, 0.05) is 37.3 Å². The molecule has 1 fully saturated rings. The van der Waals surface area contributed by atoms with E-state index in [2.05, 4.69) is 15.1 Å². The van der Waals surface area contributed by atoms with E-state index >= 15 is 0 Å². The van der Waals surface area contributed by atoms with Crippen molar-refractivity contribution in [2.75, 3.05) is 26.2 Å². The van der Waals surface area contributed by atoms with E-state index in [-0.39, 0.29) is 11.7 Å². The lowest BCUT2D eigenvalue weighted by Gasteiger charge is -2.34. The van der Waals surface area contributed by atoms with Gasteiger partial charge in [0.05, 0.1) is 6.54 Å². The van der Waals surface area contributed by atoms with Gasteiger partial charge in [-0.3, -0.25) is 9.69 Å². The van der Waals surface area contributed by atoms with Gasteiger partial charge in [0.1, 0.15) is 5.82 Å². The molecule has 0 spiro atoms. The summed E-state index contributed by atoms with van der Waals surface area (Å²) in [5.74, 6) is 0.578. The van der Waals surface area contributed by atoms with Gasteiger partial charge in [0.2, 0.25) is 11.8 Å². The Labute approximate surface area is 169 Å². The molecule has 3 aromatic rings. The van der Waals surface area contributed by atoms with E-state index in [1.165, 1.54) is 11.6 Å². The van der Waals surface area contributed by atoms with Crippen LogP contribution in [-0.4, -0.2) is 52.1 Å². The number of nitrogens with zero attached hydrogens (tertiary/aromatic N) is 4. The summed E-state index contributed by atoms with van der Waals surface area (Å²) in [6, 6.07) is 12.6. The largest absolute Gasteiger partial charge is 0.419 e. The van der Waals surface area contributed by atoms with Gasteiger partial charge in [-0.05, 0) is 43.7 Å². The molecular formula is C22H23FN4O2. The minimum Gasteiger partial charge on any atom is -0.419 e. The number of rotatable bonds is 4. The van der Waals surface area contributed by atoms with Crippen molar-refractivity contribution >= 4 is 5.91 Å². The fourth-order valence-corrected chi connectivity index (χ4v) is 3.34. The van der Waals surface area contributed by atoms with Crippen molar-refractivity contribution in [1.29, 1.82) is 0 Å². The van der Waals surface area contributed by atoms with Crippen LogP contribution in [0.5, 0.6) is 0 Å². The first-order valence-corrected chi connectivity index (χ1v) is 9.67. The zero-order valence-corrected chi connectivity index (χ0v) is 16.6. The molecule has 6 nitrogen and oxygen atoms in total. The maximum absolute atomic E-state index is 13.8. The van der Waals surface area contributed by atoms with Crippen molar-refractivity contribution in [3.8, 4) is 11.5 Å². The molecule has 1 amide bonds. The average molecular weight is 394 g/mol. The highest BCUT2D eigenvalue weighted by Gasteiger charge is 2.24. The third-order valence-electron chi connectivity index (χ3n) is 5.20. The van der Waals surface area contributed by atoms with Crippen LogP contribution in [-0.2, 0) is 6.54 Å². The number of carbonyl (C=O) groups is 1. The normalized spacial score (nSPS) is 14.9. The molecule has 0 unspecified atom stereocenters. The summed E-state index contributed by atoms with van der Waals surface area (Å²) in [6.45, 7) is 6.80. The number of carbonyl (C=O) groups excluding carboxylic acids is 1. The second-order valence-corrected chi connectivity index (χ2v) is 7.40. The monoisotopic (exact) mass is 394 g/mol. The summed E-state index contributed by atoms with van der Waals surface area (Å²) in [4.78, 5) is 16.5. The third kappa shape index (κ3) is 4.35. The quantitative estimate of drug-likeness (QED) is 0.678. The van der Waals surface area contributed by atoms with Crippen LogP contribution < -0.4 is 0 Å². The van der Waals surface area contributed by atoms with E-state index < -0.39 is 0 Å². The first-order valence-electron chi connectivity index (χ1n) is 9.67. The van der Waals surface area contributed by atoms with E-state index in [1.54, 1.807) is 24.0 Å². The molecule has 4 rings (SSSR count). The smallest absolute Gasteiger partial charge is 0.254 e. The molecule has 0 aliphatic carbocycles. The van der Waals surface area contributed by atoms with E-state index in [0.717, 1.165) is 5.56 Å². The van der Waals surface area contributed by atoms with E-state index in [4.69, 9.17) is 4.42 Å². The van der Waals surface area contributed by atoms with Crippen LogP contribution in [0.2, 0.25) is 0 Å². The van der Waals surface area contributed by atoms with Crippen LogP contribution in [0.3, 0.4) is 0 Å². The number of aryl methyl sites for hydroxylation is 2. The predicted octanol–water partition coefficient (Wildman–Crippen LogP) is 3.45. The maximum atomic E-state index is 13.8. The molecule has 2 heterocycles. The highest BCUT2D eigenvalue weighted by Crippen LogP contribution is 2.19. The van der Waals surface area contributed by atoms with Crippen molar-refractivity contribution in [1.82, 2.24) is 20.0 Å². The van der Waals surface area contributed by atoms with Crippen LogP contribution in [0.1, 0.15) is 27.4 Å². The number of halogens is 1. The van der Waals surface area contributed by atoms with Crippen LogP contribution in [0.4, 0.5) is 4.39 Å². The second kappa shape index (κ2) is 8.13. The second-order valence-electron chi connectivity index (χ2n) is 7.40. The zero-order valence-electron chi connectivity index (χ0n) is 16.6. The Kier molecular flexibility index (Phi) is 5.40. The Balaban J connectivity index is 1.33. The third-order valence-corrected chi connectivity index (χ3v) is 5.20. The fraction of sp³-hybridized carbons (Fsp3) is 0.318. The van der Waals surface area contributed by atoms with Gasteiger partial charge in [-0.15, -0.1) is 10.2 Å². The first-order chi connectivity index (χ1) is 14.0. The number of hydrogen-bond donors (Lipinski definition) is 0. The van der Waals surface area contributed by atoms with Gasteiger partial charge >= 0.3 is 0 Å². The number of benzene rings is 2. The Hall–Kier alpha value is -3.06. The lowest BCUT2D eigenvalue weighted by atomic mass is 10.1. The van der Waals surface area contributed by atoms with Gasteiger partial charge in [-0.25, -0.2) is 4.39 Å². The number of piperazine rings is 1. The number of amides is 1. The highest BCUT2D eigenvalue weighted by molar-refractivity contribution is 5.94. The van der Waals surface area contributed by atoms with E-state index in [1.807, 2.05) is 31.2 Å². The molecule has 0 bridgehead atoms.